The van der Waals surface area contributed by atoms with Gasteiger partial charge in [-0.1, -0.05) is 30.0 Å². The van der Waals surface area contributed by atoms with E-state index < -0.39 is 11.7 Å². The molecule has 1 amide bonds. The van der Waals surface area contributed by atoms with Gasteiger partial charge in [0.05, 0.1) is 22.4 Å². The van der Waals surface area contributed by atoms with Crippen molar-refractivity contribution in [3.63, 3.8) is 0 Å². The molecule has 2 aromatic heterocycles. The Morgan fingerprint density at radius 1 is 1.27 bits per heavy atom. The molecule has 0 fully saturated rings. The Bertz CT molecular complexity index is 874. The van der Waals surface area contributed by atoms with Crippen LogP contribution in [0.2, 0.25) is 0 Å². The van der Waals surface area contributed by atoms with Gasteiger partial charge in [-0.15, -0.1) is 0 Å². The van der Waals surface area contributed by atoms with Crippen molar-refractivity contribution >= 4 is 28.6 Å². The summed E-state index contributed by atoms with van der Waals surface area (Å²) in [6.45, 7) is 1.80. The summed E-state index contributed by atoms with van der Waals surface area (Å²) in [4.78, 5) is 15.8. The molecule has 0 saturated carbocycles. The smallest absolute Gasteiger partial charge is 0.417 e. The number of pyridine rings is 1. The molecular weight excluding hydrogens is 365 g/mol. The monoisotopic (exact) mass is 380 g/mol. The topological polar surface area (TPSA) is 55.1 Å². The fraction of sp³-hybridized carbons (Fsp3) is 0.222. The Labute approximate surface area is 151 Å². The number of nitrogens with one attached hydrogen (secondary N) is 1. The highest BCUT2D eigenvalue weighted by molar-refractivity contribution is 7.99. The third kappa shape index (κ3) is 4.37. The number of benzene rings is 1. The van der Waals surface area contributed by atoms with E-state index in [2.05, 4.69) is 10.3 Å². The maximum atomic E-state index is 12.5. The number of fused-ring (bicyclic) bond motifs is 1. The SMILES string of the molecule is CC(NC(=O)CSc1ccc(C(F)(F)F)cn1)c1cc2ccccc2o1. The van der Waals surface area contributed by atoms with E-state index in [4.69, 9.17) is 4.42 Å². The summed E-state index contributed by atoms with van der Waals surface area (Å²) in [5.41, 5.74) is -0.0725. The highest BCUT2D eigenvalue weighted by Gasteiger charge is 2.30. The highest BCUT2D eigenvalue weighted by atomic mass is 32.2. The molecule has 3 rings (SSSR count). The van der Waals surface area contributed by atoms with Gasteiger partial charge in [0.1, 0.15) is 11.3 Å². The summed E-state index contributed by atoms with van der Waals surface area (Å²) in [6, 6.07) is 11.3. The molecule has 26 heavy (non-hydrogen) atoms. The zero-order chi connectivity index (χ0) is 18.7. The van der Waals surface area contributed by atoms with E-state index in [-0.39, 0.29) is 17.7 Å². The number of hydrogen-bond donors (Lipinski definition) is 1. The molecule has 8 heteroatoms. The van der Waals surface area contributed by atoms with Crippen LogP contribution in [0.4, 0.5) is 13.2 Å². The number of amides is 1. The average molecular weight is 380 g/mol. The van der Waals surface area contributed by atoms with Crippen LogP contribution in [-0.2, 0) is 11.0 Å². The normalized spacial score (nSPS) is 12.9. The maximum absolute atomic E-state index is 12.5. The van der Waals surface area contributed by atoms with Gasteiger partial charge in [0.25, 0.3) is 0 Å². The minimum Gasteiger partial charge on any atom is -0.459 e. The van der Waals surface area contributed by atoms with Crippen LogP contribution >= 0.6 is 11.8 Å². The van der Waals surface area contributed by atoms with Crippen molar-refractivity contribution in [2.45, 2.75) is 24.2 Å². The zero-order valence-corrected chi connectivity index (χ0v) is 14.5. The lowest BCUT2D eigenvalue weighted by molar-refractivity contribution is -0.137. The largest absolute Gasteiger partial charge is 0.459 e. The van der Waals surface area contributed by atoms with E-state index >= 15 is 0 Å². The molecule has 0 aliphatic rings. The molecule has 0 aliphatic carbocycles. The highest BCUT2D eigenvalue weighted by Crippen LogP contribution is 2.29. The lowest BCUT2D eigenvalue weighted by Gasteiger charge is -2.11. The molecule has 1 aromatic carbocycles. The summed E-state index contributed by atoms with van der Waals surface area (Å²) in [7, 11) is 0. The van der Waals surface area contributed by atoms with E-state index in [1.807, 2.05) is 30.3 Å². The van der Waals surface area contributed by atoms with Crippen LogP contribution in [0.5, 0.6) is 0 Å². The Hall–Kier alpha value is -2.48. The fourth-order valence-corrected chi connectivity index (χ4v) is 3.00. The van der Waals surface area contributed by atoms with E-state index in [0.717, 1.165) is 35.0 Å². The third-order valence-electron chi connectivity index (χ3n) is 3.66. The van der Waals surface area contributed by atoms with Crippen molar-refractivity contribution in [1.82, 2.24) is 10.3 Å². The second-order valence-electron chi connectivity index (χ2n) is 5.65. The Balaban J connectivity index is 1.55. The van der Waals surface area contributed by atoms with Crippen LogP contribution < -0.4 is 5.32 Å². The molecule has 2 heterocycles. The number of furan rings is 1. The number of nitrogens with zero attached hydrogens (tertiary/aromatic N) is 1. The zero-order valence-electron chi connectivity index (χ0n) is 13.7. The second-order valence-corrected chi connectivity index (χ2v) is 6.64. The standard InChI is InChI=1S/C18H15F3N2O2S/c1-11(15-8-12-4-2-3-5-14(12)25-15)23-16(24)10-26-17-7-6-13(9-22-17)18(19,20)21/h2-9,11H,10H2,1H3,(H,23,24). The number of carbonyl (C=O) groups is 1. The molecular formula is C18H15F3N2O2S. The first-order valence-electron chi connectivity index (χ1n) is 7.77. The summed E-state index contributed by atoms with van der Waals surface area (Å²) >= 11 is 1.07. The third-order valence-corrected chi connectivity index (χ3v) is 4.61. The molecule has 0 spiro atoms. The minimum atomic E-state index is -4.42. The molecule has 1 N–H and O–H groups in total. The van der Waals surface area contributed by atoms with Gasteiger partial charge in [-0.25, -0.2) is 4.98 Å². The van der Waals surface area contributed by atoms with Gasteiger partial charge in [-0.2, -0.15) is 13.2 Å². The Morgan fingerprint density at radius 2 is 2.04 bits per heavy atom. The molecule has 136 valence electrons. The van der Waals surface area contributed by atoms with Crippen LogP contribution in [0.15, 0.2) is 58.1 Å². The molecule has 3 aromatic rings. The van der Waals surface area contributed by atoms with Crippen molar-refractivity contribution in [3.05, 3.63) is 60.0 Å². The predicted octanol–water partition coefficient (Wildman–Crippen LogP) is 4.82. The van der Waals surface area contributed by atoms with Crippen molar-refractivity contribution in [2.24, 2.45) is 0 Å². The lowest BCUT2D eigenvalue weighted by atomic mass is 10.2. The van der Waals surface area contributed by atoms with Gasteiger partial charge in [-0.05, 0) is 31.2 Å². The fourth-order valence-electron chi connectivity index (χ4n) is 2.34. The van der Waals surface area contributed by atoms with Crippen LogP contribution in [-0.4, -0.2) is 16.6 Å². The number of carbonyl (C=O) groups excluding carboxylic acids is 1. The number of hydrogen-bond acceptors (Lipinski definition) is 4. The summed E-state index contributed by atoms with van der Waals surface area (Å²) < 4.78 is 43.2. The number of alkyl halides is 3. The summed E-state index contributed by atoms with van der Waals surface area (Å²) in [5, 5.41) is 4.10. The van der Waals surface area contributed by atoms with Crippen LogP contribution in [0.25, 0.3) is 11.0 Å². The van der Waals surface area contributed by atoms with E-state index in [1.54, 1.807) is 6.92 Å². The first-order chi connectivity index (χ1) is 12.3. The molecule has 0 bridgehead atoms. The van der Waals surface area contributed by atoms with E-state index in [9.17, 15) is 18.0 Å². The van der Waals surface area contributed by atoms with Gasteiger partial charge in [-0.3, -0.25) is 4.79 Å². The van der Waals surface area contributed by atoms with Gasteiger partial charge >= 0.3 is 6.18 Å². The number of para-hydroxylation sites is 1. The van der Waals surface area contributed by atoms with Crippen molar-refractivity contribution in [2.75, 3.05) is 5.75 Å². The lowest BCUT2D eigenvalue weighted by Crippen LogP contribution is -2.27. The summed E-state index contributed by atoms with van der Waals surface area (Å²) in [6.07, 6.45) is -3.66. The van der Waals surface area contributed by atoms with E-state index in [0.29, 0.717) is 10.8 Å². The van der Waals surface area contributed by atoms with Crippen LogP contribution in [0.3, 0.4) is 0 Å². The van der Waals surface area contributed by atoms with Crippen LogP contribution in [0, 0.1) is 0 Å². The quantitative estimate of drug-likeness (QED) is 0.645. The first kappa shape index (κ1) is 18.3. The molecule has 1 atom stereocenters. The summed E-state index contributed by atoms with van der Waals surface area (Å²) in [5.74, 6) is 0.421. The Kier molecular flexibility index (Phi) is 5.22. The van der Waals surface area contributed by atoms with E-state index in [1.165, 1.54) is 6.07 Å². The van der Waals surface area contributed by atoms with Crippen molar-refractivity contribution in [3.8, 4) is 0 Å². The van der Waals surface area contributed by atoms with Crippen molar-refractivity contribution in [1.29, 1.82) is 0 Å². The second kappa shape index (κ2) is 7.41. The molecule has 4 nitrogen and oxygen atoms in total. The molecule has 0 radical (unpaired) electrons. The molecule has 0 saturated heterocycles. The predicted molar refractivity (Wildman–Crippen MR) is 92.7 cm³/mol. The first-order valence-corrected chi connectivity index (χ1v) is 8.75. The van der Waals surface area contributed by atoms with Gasteiger partial charge < -0.3 is 9.73 Å². The minimum absolute atomic E-state index is 0.0446. The van der Waals surface area contributed by atoms with Crippen molar-refractivity contribution < 1.29 is 22.4 Å². The number of rotatable bonds is 5. The van der Waals surface area contributed by atoms with Gasteiger partial charge in [0, 0.05) is 11.6 Å². The van der Waals surface area contributed by atoms with Gasteiger partial charge in [0.2, 0.25) is 5.91 Å². The van der Waals surface area contributed by atoms with Crippen LogP contribution in [0.1, 0.15) is 24.3 Å². The average Bonchev–Trinajstić information content (AvgIpc) is 3.04. The number of halogens is 3. The Morgan fingerprint density at radius 3 is 2.69 bits per heavy atom. The number of aromatic nitrogens is 1. The molecule has 1 unspecified atom stereocenters. The number of thioether (sulfide) groups is 1. The maximum Gasteiger partial charge on any atom is 0.417 e. The molecule has 0 aliphatic heterocycles. The van der Waals surface area contributed by atoms with Gasteiger partial charge in [0.15, 0.2) is 0 Å².